The smallest absolute Gasteiger partial charge is 0.348 e. The van der Waals surface area contributed by atoms with Crippen molar-refractivity contribution < 1.29 is 18.9 Å². The van der Waals surface area contributed by atoms with Crippen molar-refractivity contribution >= 4 is 36.2 Å². The summed E-state index contributed by atoms with van der Waals surface area (Å²) in [7, 11) is -2.36. The number of amides is 1. The van der Waals surface area contributed by atoms with Crippen LogP contribution in [0.1, 0.15) is 21.5 Å². The number of aromatic nitrogens is 1. The lowest BCUT2D eigenvalue weighted by Crippen LogP contribution is -2.17. The number of carbonyl (C=O) groups is 1. The fraction of sp³-hybridized carbons (Fsp3) is 0.120. The van der Waals surface area contributed by atoms with E-state index in [0.717, 1.165) is 16.0 Å². The van der Waals surface area contributed by atoms with Crippen molar-refractivity contribution in [1.29, 1.82) is 0 Å². The highest BCUT2D eigenvalue weighted by Crippen LogP contribution is 2.46. The standard InChI is InChI=1S/C25H25N4O4PS/c1-29(16-19-4-2-12-27-15-19)33-34(31,32)17-18-6-8-20(9-7-18)25(30)28-23-14-21(10-11-22(23)26)24-5-3-13-35-24/h2-15H,16-17,26H2,1H3,(H,28,30)(H,31,32). The minimum absolute atomic E-state index is 0.192. The number of benzene rings is 2. The fourth-order valence-electron chi connectivity index (χ4n) is 3.47. The Kier molecular flexibility index (Phi) is 7.75. The Bertz CT molecular complexity index is 1330. The molecule has 0 spiro atoms. The van der Waals surface area contributed by atoms with Crippen LogP contribution in [0, 0.1) is 0 Å². The maximum atomic E-state index is 12.8. The molecule has 0 aliphatic rings. The van der Waals surface area contributed by atoms with Gasteiger partial charge in [0.1, 0.15) is 0 Å². The number of hydrogen-bond donors (Lipinski definition) is 3. The van der Waals surface area contributed by atoms with E-state index in [1.54, 1.807) is 67.2 Å². The summed E-state index contributed by atoms with van der Waals surface area (Å²) >= 11 is 1.60. The number of nitrogens with zero attached hydrogens (tertiary/aromatic N) is 2. The van der Waals surface area contributed by atoms with Crippen molar-refractivity contribution in [2.75, 3.05) is 18.1 Å². The third kappa shape index (κ3) is 6.85. The third-order valence-corrected chi connectivity index (χ3v) is 7.32. The molecule has 1 amide bonds. The predicted octanol–water partition coefficient (Wildman–Crippen LogP) is 5.39. The lowest BCUT2D eigenvalue weighted by Gasteiger charge is -2.20. The molecule has 0 saturated heterocycles. The topological polar surface area (TPSA) is 118 Å². The Morgan fingerprint density at radius 3 is 2.63 bits per heavy atom. The van der Waals surface area contributed by atoms with E-state index in [4.69, 9.17) is 10.4 Å². The summed E-state index contributed by atoms with van der Waals surface area (Å²) in [6, 6.07) is 19.6. The zero-order chi connectivity index (χ0) is 24.8. The second-order valence-electron chi connectivity index (χ2n) is 7.95. The molecular weight excluding hydrogens is 483 g/mol. The molecule has 4 N–H and O–H groups in total. The molecule has 10 heteroatoms. The van der Waals surface area contributed by atoms with Crippen LogP contribution in [0.25, 0.3) is 10.4 Å². The number of nitrogens with one attached hydrogen (secondary N) is 1. The summed E-state index contributed by atoms with van der Waals surface area (Å²) in [6.45, 7) is 0.314. The van der Waals surface area contributed by atoms with Gasteiger partial charge in [0.2, 0.25) is 0 Å². The normalized spacial score (nSPS) is 12.9. The third-order valence-electron chi connectivity index (χ3n) is 5.10. The monoisotopic (exact) mass is 508 g/mol. The molecule has 2 aromatic heterocycles. The van der Waals surface area contributed by atoms with E-state index >= 15 is 0 Å². The molecule has 2 aromatic carbocycles. The number of thiophene rings is 1. The molecule has 180 valence electrons. The fourth-order valence-corrected chi connectivity index (χ4v) is 5.42. The van der Waals surface area contributed by atoms with Crippen molar-refractivity contribution in [3.05, 3.63) is 101 Å². The Morgan fingerprint density at radius 1 is 1.14 bits per heavy atom. The minimum atomic E-state index is -3.95. The zero-order valence-corrected chi connectivity index (χ0v) is 20.7. The van der Waals surface area contributed by atoms with Gasteiger partial charge in [0.15, 0.2) is 0 Å². The lowest BCUT2D eigenvalue weighted by atomic mass is 10.1. The molecular formula is C25H25N4O4PS. The van der Waals surface area contributed by atoms with Crippen molar-refractivity contribution in [1.82, 2.24) is 10.0 Å². The first-order valence-electron chi connectivity index (χ1n) is 10.7. The highest BCUT2D eigenvalue weighted by molar-refractivity contribution is 7.51. The van der Waals surface area contributed by atoms with E-state index in [0.29, 0.717) is 29.0 Å². The van der Waals surface area contributed by atoms with Gasteiger partial charge in [0.25, 0.3) is 5.91 Å². The van der Waals surface area contributed by atoms with Gasteiger partial charge < -0.3 is 15.9 Å². The van der Waals surface area contributed by atoms with Gasteiger partial charge in [0.05, 0.1) is 24.1 Å². The molecule has 4 aromatic rings. The second kappa shape index (κ2) is 10.9. The highest BCUT2D eigenvalue weighted by Gasteiger charge is 2.23. The molecule has 0 bridgehead atoms. The van der Waals surface area contributed by atoms with Crippen molar-refractivity contribution in [3.63, 3.8) is 0 Å². The number of carbonyl (C=O) groups excluding carboxylic acids is 1. The minimum Gasteiger partial charge on any atom is -0.397 e. The summed E-state index contributed by atoms with van der Waals surface area (Å²) in [6.07, 6.45) is 3.13. The highest BCUT2D eigenvalue weighted by atomic mass is 32.1. The summed E-state index contributed by atoms with van der Waals surface area (Å²) < 4.78 is 17.9. The van der Waals surface area contributed by atoms with Gasteiger partial charge in [-0.05, 0) is 58.5 Å². The van der Waals surface area contributed by atoms with Crippen molar-refractivity contribution in [2.24, 2.45) is 0 Å². The van der Waals surface area contributed by atoms with E-state index in [1.165, 1.54) is 5.06 Å². The van der Waals surface area contributed by atoms with Gasteiger partial charge in [-0.2, -0.15) is 5.06 Å². The largest absolute Gasteiger partial charge is 0.397 e. The Labute approximate surface area is 207 Å². The van der Waals surface area contributed by atoms with Gasteiger partial charge >= 0.3 is 7.60 Å². The molecule has 35 heavy (non-hydrogen) atoms. The molecule has 2 heterocycles. The van der Waals surface area contributed by atoms with E-state index in [9.17, 15) is 14.3 Å². The van der Waals surface area contributed by atoms with E-state index in [1.807, 2.05) is 35.7 Å². The van der Waals surface area contributed by atoms with E-state index < -0.39 is 7.60 Å². The van der Waals surface area contributed by atoms with Crippen LogP contribution in [0.5, 0.6) is 0 Å². The molecule has 1 unspecified atom stereocenters. The van der Waals surface area contributed by atoms with Crippen molar-refractivity contribution in [3.8, 4) is 10.4 Å². The summed E-state index contributed by atoms with van der Waals surface area (Å²) in [4.78, 5) is 28.2. The molecule has 0 saturated carbocycles. The molecule has 8 nitrogen and oxygen atoms in total. The van der Waals surface area contributed by atoms with Crippen LogP contribution in [0.15, 0.2) is 84.5 Å². The first-order valence-corrected chi connectivity index (χ1v) is 13.4. The van der Waals surface area contributed by atoms with Crippen molar-refractivity contribution in [2.45, 2.75) is 12.7 Å². The first kappa shape index (κ1) is 24.8. The SMILES string of the molecule is CN(Cc1cccnc1)OP(=O)(O)Cc1ccc(C(=O)Nc2cc(-c3cccs3)ccc2N)cc1. The predicted molar refractivity (Wildman–Crippen MR) is 139 cm³/mol. The lowest BCUT2D eigenvalue weighted by molar-refractivity contribution is -0.0499. The van der Waals surface area contributed by atoms with Gasteiger partial charge in [-0.25, -0.2) is 4.62 Å². The Balaban J connectivity index is 1.37. The van der Waals surface area contributed by atoms with Crippen LogP contribution < -0.4 is 11.1 Å². The number of pyridine rings is 1. The molecule has 0 radical (unpaired) electrons. The second-order valence-corrected chi connectivity index (χ2v) is 10.7. The van der Waals surface area contributed by atoms with Crippen LogP contribution >= 0.6 is 18.9 Å². The Morgan fingerprint density at radius 2 is 1.94 bits per heavy atom. The molecule has 0 aliphatic carbocycles. The van der Waals surface area contributed by atoms with Crippen LogP contribution in [-0.2, 0) is 21.9 Å². The van der Waals surface area contributed by atoms with Gasteiger partial charge in [0, 0.05) is 29.9 Å². The Hall–Kier alpha value is -3.33. The number of nitrogens with two attached hydrogens (primary N) is 1. The molecule has 4 rings (SSSR count). The van der Waals surface area contributed by atoms with Gasteiger partial charge in [-0.15, -0.1) is 11.3 Å². The number of hydroxylamine groups is 2. The number of hydrogen-bond acceptors (Lipinski definition) is 7. The maximum absolute atomic E-state index is 12.8. The van der Waals surface area contributed by atoms with Crippen LogP contribution in [0.4, 0.5) is 11.4 Å². The first-order chi connectivity index (χ1) is 16.8. The average Bonchev–Trinajstić information content (AvgIpc) is 3.36. The van der Waals surface area contributed by atoms with E-state index in [-0.39, 0.29) is 12.1 Å². The summed E-state index contributed by atoms with van der Waals surface area (Å²) in [5, 5.41) is 6.15. The zero-order valence-electron chi connectivity index (χ0n) is 19.0. The van der Waals surface area contributed by atoms with Gasteiger partial charge in [-0.3, -0.25) is 14.3 Å². The van der Waals surface area contributed by atoms with Crippen LogP contribution in [0.2, 0.25) is 0 Å². The van der Waals surface area contributed by atoms with Crippen LogP contribution in [0.3, 0.4) is 0 Å². The van der Waals surface area contributed by atoms with Gasteiger partial charge in [-0.1, -0.05) is 30.3 Å². The number of anilines is 2. The summed E-state index contributed by atoms with van der Waals surface area (Å²) in [5.74, 6) is -0.328. The average molecular weight is 509 g/mol. The molecule has 0 aliphatic heterocycles. The van der Waals surface area contributed by atoms with E-state index in [2.05, 4.69) is 10.3 Å². The maximum Gasteiger partial charge on any atom is 0.348 e. The molecule has 0 fully saturated rings. The van der Waals surface area contributed by atoms with Crippen LogP contribution in [-0.4, -0.2) is 27.9 Å². The number of rotatable bonds is 9. The quantitative estimate of drug-likeness (QED) is 0.158. The number of nitrogen functional groups attached to an aromatic ring is 1. The molecule has 1 atom stereocenters. The summed E-state index contributed by atoms with van der Waals surface area (Å²) in [5.41, 5.74) is 9.83.